The fourth-order valence-electron chi connectivity index (χ4n) is 3.60. The third-order valence-corrected chi connectivity index (χ3v) is 6.69. The molecule has 0 N–H and O–H groups in total. The van der Waals surface area contributed by atoms with E-state index in [1.54, 1.807) is 0 Å². The van der Waals surface area contributed by atoms with Crippen molar-refractivity contribution in [2.45, 2.75) is 0 Å². The van der Waals surface area contributed by atoms with Gasteiger partial charge in [-0.15, -0.1) is 0 Å². The van der Waals surface area contributed by atoms with Crippen molar-refractivity contribution in [2.24, 2.45) is 0 Å². The summed E-state index contributed by atoms with van der Waals surface area (Å²) in [5, 5.41) is 2.49. The van der Waals surface area contributed by atoms with E-state index in [-0.39, 0.29) is 0 Å². The van der Waals surface area contributed by atoms with E-state index in [0.717, 1.165) is 16.8 Å². The second-order valence-corrected chi connectivity index (χ2v) is 9.71. The number of hydrogen-bond acceptors (Lipinski definition) is 1. The minimum Gasteiger partial charge on any atom is -0.256 e. The normalized spacial score (nSPS) is 11.0. The van der Waals surface area contributed by atoms with Crippen molar-refractivity contribution in [3.63, 3.8) is 0 Å². The molecule has 1 heterocycles. The van der Waals surface area contributed by atoms with Crippen LogP contribution in [-0.4, -0.2) is 4.98 Å². The Morgan fingerprint density at radius 2 is 0.900 bits per heavy atom. The molecule has 0 aliphatic heterocycles. The Morgan fingerprint density at radius 1 is 0.433 bits per heavy atom. The van der Waals surface area contributed by atoms with Crippen LogP contribution in [0.25, 0.3) is 44.3 Å². The van der Waals surface area contributed by atoms with E-state index in [0.29, 0.717) is 0 Å². The van der Waals surface area contributed by atoms with Crippen LogP contribution in [-0.2, 0) is 0 Å². The van der Waals surface area contributed by atoms with Crippen molar-refractivity contribution in [3.8, 4) is 33.5 Å². The first kappa shape index (κ1) is 19.7. The summed E-state index contributed by atoms with van der Waals surface area (Å²) in [6, 6.07) is 34.7. The molecule has 0 saturated heterocycles. The lowest BCUT2D eigenvalue weighted by Gasteiger charge is -2.08. The minimum absolute atomic E-state index is 0.998. The summed E-state index contributed by atoms with van der Waals surface area (Å²) >= 11 is 4.66. The molecule has 0 atom stereocenters. The maximum atomic E-state index is 4.69. The van der Waals surface area contributed by atoms with Crippen LogP contribution in [0.4, 0.5) is 0 Å². The van der Waals surface area contributed by atoms with Crippen molar-refractivity contribution in [3.05, 3.63) is 110 Å². The predicted molar refractivity (Wildman–Crippen MR) is 143 cm³/mol. The van der Waals surface area contributed by atoms with Crippen LogP contribution in [0.1, 0.15) is 0 Å². The van der Waals surface area contributed by atoms with Crippen LogP contribution in [0.15, 0.2) is 103 Å². The second kappa shape index (κ2) is 8.47. The molecule has 0 spiro atoms. The fourth-order valence-corrected chi connectivity index (χ4v) is 4.32. The van der Waals surface area contributed by atoms with Gasteiger partial charge >= 0.3 is 0 Å². The zero-order valence-electron chi connectivity index (χ0n) is 16.0. The van der Waals surface area contributed by atoms with Gasteiger partial charge < -0.3 is 0 Å². The Morgan fingerprint density at radius 3 is 1.43 bits per heavy atom. The van der Waals surface area contributed by atoms with Gasteiger partial charge in [0.15, 0.2) is 0 Å². The van der Waals surface area contributed by atoms with E-state index in [2.05, 4.69) is 142 Å². The van der Waals surface area contributed by atoms with Crippen LogP contribution < -0.4 is 0 Å². The van der Waals surface area contributed by atoms with Gasteiger partial charge in [-0.3, -0.25) is 4.98 Å². The monoisotopic (exact) mass is 609 g/mol. The summed E-state index contributed by atoms with van der Waals surface area (Å²) < 4.78 is 2.48. The number of aromatic nitrogens is 1. The van der Waals surface area contributed by atoms with E-state index >= 15 is 0 Å². The van der Waals surface area contributed by atoms with E-state index in [4.69, 9.17) is 4.98 Å². The summed E-state index contributed by atoms with van der Waals surface area (Å²) in [4.78, 5) is 4.69. The third-order valence-electron chi connectivity index (χ3n) is 5.25. The molecule has 0 amide bonds. The van der Waals surface area contributed by atoms with Crippen molar-refractivity contribution < 1.29 is 0 Å². The zero-order valence-corrected chi connectivity index (χ0v) is 20.3. The van der Waals surface area contributed by atoms with Crippen molar-refractivity contribution in [1.82, 2.24) is 4.98 Å². The average Bonchev–Trinajstić information content (AvgIpc) is 2.79. The van der Waals surface area contributed by atoms with Gasteiger partial charge in [-0.25, -0.2) is 0 Å². The first-order valence-electron chi connectivity index (χ1n) is 9.68. The Kier molecular flexibility index (Phi) is 5.56. The molecule has 0 aliphatic carbocycles. The molecule has 144 valence electrons. The van der Waals surface area contributed by atoms with E-state index in [1.807, 2.05) is 6.20 Å². The molecule has 30 heavy (non-hydrogen) atoms. The summed E-state index contributed by atoms with van der Waals surface area (Å²) in [6.07, 6.45) is 1.97. The molecule has 0 saturated carbocycles. The molecule has 1 aromatic heterocycles. The third kappa shape index (κ3) is 4.14. The van der Waals surface area contributed by atoms with Crippen molar-refractivity contribution in [2.75, 3.05) is 0 Å². The van der Waals surface area contributed by atoms with Crippen molar-refractivity contribution >= 4 is 56.0 Å². The van der Waals surface area contributed by atoms with E-state index < -0.39 is 0 Å². The lowest BCUT2D eigenvalue weighted by atomic mass is 9.98. The number of rotatable bonds is 3. The number of fused-ring (bicyclic) bond motifs is 1. The molecule has 4 aromatic carbocycles. The average molecular weight is 609 g/mol. The van der Waals surface area contributed by atoms with Crippen molar-refractivity contribution in [1.29, 1.82) is 0 Å². The van der Waals surface area contributed by atoms with Gasteiger partial charge in [0.1, 0.15) is 0 Å². The van der Waals surface area contributed by atoms with Gasteiger partial charge in [0, 0.05) is 24.5 Å². The summed E-state index contributed by atoms with van der Waals surface area (Å²) in [5.41, 5.74) is 6.95. The molecule has 3 heteroatoms. The largest absolute Gasteiger partial charge is 0.256 e. The summed E-state index contributed by atoms with van der Waals surface area (Å²) in [6.45, 7) is 0. The van der Waals surface area contributed by atoms with Gasteiger partial charge in [-0.05, 0) is 115 Å². The highest BCUT2D eigenvalue weighted by Crippen LogP contribution is 2.29. The van der Waals surface area contributed by atoms with Crippen LogP contribution in [0.2, 0.25) is 0 Å². The molecular weight excluding hydrogens is 592 g/mol. The van der Waals surface area contributed by atoms with Gasteiger partial charge in [0.25, 0.3) is 0 Å². The quantitative estimate of drug-likeness (QED) is 0.187. The number of pyridine rings is 1. The maximum absolute atomic E-state index is 4.69. The molecule has 0 bridgehead atoms. The maximum Gasteiger partial charge on any atom is 0.0702 e. The Bertz CT molecular complexity index is 1320. The SMILES string of the molecule is Ic1ccc(-c2ccc3cc(-c4ccc(-c5ccc(I)cc5)nc4)ccc3c2)cc1. The molecule has 0 aliphatic rings. The molecule has 5 rings (SSSR count). The van der Waals surface area contributed by atoms with Gasteiger partial charge in [0.05, 0.1) is 5.69 Å². The standard InChI is InChI=1S/C27H17I2N/c28-25-10-5-18(6-11-25)20-1-2-22-16-23(4-3-21(22)15-20)24-9-14-27(30-17-24)19-7-12-26(29)13-8-19/h1-17H. The minimum atomic E-state index is 0.998. The van der Waals surface area contributed by atoms with E-state index in [9.17, 15) is 0 Å². The second-order valence-electron chi connectivity index (χ2n) is 7.22. The highest BCUT2D eigenvalue weighted by atomic mass is 127. The smallest absolute Gasteiger partial charge is 0.0702 e. The Balaban J connectivity index is 1.45. The fraction of sp³-hybridized carbons (Fsp3) is 0. The van der Waals surface area contributed by atoms with Gasteiger partial charge in [-0.2, -0.15) is 0 Å². The lowest BCUT2D eigenvalue weighted by Crippen LogP contribution is -1.86. The topological polar surface area (TPSA) is 12.9 Å². The number of hydrogen-bond donors (Lipinski definition) is 0. The highest BCUT2D eigenvalue weighted by Gasteiger charge is 2.05. The van der Waals surface area contributed by atoms with Crippen LogP contribution in [0.5, 0.6) is 0 Å². The molecular formula is C27H17I2N. The Hall–Kier alpha value is -2.25. The number of halogens is 2. The zero-order chi connectivity index (χ0) is 20.5. The van der Waals surface area contributed by atoms with Gasteiger partial charge in [0.2, 0.25) is 0 Å². The summed E-state index contributed by atoms with van der Waals surface area (Å²) in [7, 11) is 0. The highest BCUT2D eigenvalue weighted by molar-refractivity contribution is 14.1. The number of benzene rings is 4. The lowest BCUT2D eigenvalue weighted by molar-refractivity contribution is 1.32. The Labute approximate surface area is 203 Å². The van der Waals surface area contributed by atoms with Crippen LogP contribution in [0, 0.1) is 7.14 Å². The molecule has 0 radical (unpaired) electrons. The molecule has 0 unspecified atom stereocenters. The number of nitrogens with zero attached hydrogens (tertiary/aromatic N) is 1. The van der Waals surface area contributed by atoms with Crippen LogP contribution in [0.3, 0.4) is 0 Å². The van der Waals surface area contributed by atoms with E-state index in [1.165, 1.54) is 34.6 Å². The molecule has 5 aromatic rings. The first-order valence-corrected chi connectivity index (χ1v) is 11.8. The van der Waals surface area contributed by atoms with Crippen LogP contribution >= 0.6 is 45.2 Å². The van der Waals surface area contributed by atoms with Gasteiger partial charge in [-0.1, -0.05) is 54.6 Å². The molecule has 1 nitrogen and oxygen atoms in total. The summed E-state index contributed by atoms with van der Waals surface area (Å²) in [5.74, 6) is 0. The molecule has 0 fully saturated rings. The first-order chi connectivity index (χ1) is 14.7. The predicted octanol–water partition coefficient (Wildman–Crippen LogP) is 8.45.